The third-order valence-corrected chi connectivity index (χ3v) is 7.23. The van der Waals surface area contributed by atoms with Crippen molar-refractivity contribution in [1.82, 2.24) is 10.7 Å². The number of para-hydroxylation sites is 1. The molecular weight excluding hydrogens is 583 g/mol. The van der Waals surface area contributed by atoms with E-state index in [0.717, 1.165) is 32.1 Å². The molecule has 3 N–H and O–H groups in total. The van der Waals surface area contributed by atoms with E-state index in [9.17, 15) is 19.2 Å². The summed E-state index contributed by atoms with van der Waals surface area (Å²) in [6, 6.07) is 15.5. The van der Waals surface area contributed by atoms with Crippen LogP contribution in [0.4, 0.5) is 5.69 Å². The van der Waals surface area contributed by atoms with Crippen molar-refractivity contribution in [1.29, 1.82) is 0 Å². The minimum absolute atomic E-state index is 0.0926. The van der Waals surface area contributed by atoms with Gasteiger partial charge in [-0.1, -0.05) is 54.6 Å². The van der Waals surface area contributed by atoms with Gasteiger partial charge in [-0.2, -0.15) is 5.10 Å². The Kier molecular flexibility index (Phi) is 10.5. The quantitative estimate of drug-likeness (QED) is 0.103. The minimum Gasteiger partial charge on any atom is -0.493 e. The van der Waals surface area contributed by atoms with Gasteiger partial charge in [0, 0.05) is 6.04 Å². The molecule has 4 rings (SSSR count). The molecule has 0 atom stereocenters. The fraction of sp³-hybridized carbons (Fsp3) is 0.233. The summed E-state index contributed by atoms with van der Waals surface area (Å²) in [5.74, 6) is -2.64. The van der Waals surface area contributed by atoms with E-state index in [0.29, 0.717) is 10.6 Å². The third kappa shape index (κ3) is 8.08. The molecule has 1 saturated carbocycles. The molecule has 0 saturated heterocycles. The first kappa shape index (κ1) is 30.5. The summed E-state index contributed by atoms with van der Waals surface area (Å²) in [5, 5.41) is 9.81. The van der Waals surface area contributed by atoms with Gasteiger partial charge in [-0.05, 0) is 66.9 Å². The summed E-state index contributed by atoms with van der Waals surface area (Å²) >= 11 is 11.9. The molecule has 3 amide bonds. The van der Waals surface area contributed by atoms with Crippen LogP contribution in [0, 0.1) is 0 Å². The van der Waals surface area contributed by atoms with Crippen molar-refractivity contribution in [3.63, 3.8) is 0 Å². The largest absolute Gasteiger partial charge is 0.493 e. The summed E-state index contributed by atoms with van der Waals surface area (Å²) in [6.45, 7) is 0. The molecule has 3 aromatic rings. The van der Waals surface area contributed by atoms with E-state index in [1.165, 1.54) is 43.7 Å². The van der Waals surface area contributed by atoms with Crippen LogP contribution in [0.5, 0.6) is 11.5 Å². The van der Waals surface area contributed by atoms with E-state index in [-0.39, 0.29) is 45.3 Å². The number of hydrazone groups is 1. The molecule has 0 aliphatic heterocycles. The predicted octanol–water partition coefficient (Wildman–Crippen LogP) is 5.37. The maximum atomic E-state index is 12.8. The van der Waals surface area contributed by atoms with Crippen molar-refractivity contribution in [2.45, 2.75) is 38.1 Å². The summed E-state index contributed by atoms with van der Waals surface area (Å²) in [7, 11) is 1.39. The van der Waals surface area contributed by atoms with Crippen molar-refractivity contribution in [3.8, 4) is 11.5 Å². The van der Waals surface area contributed by atoms with E-state index in [1.54, 1.807) is 30.3 Å². The van der Waals surface area contributed by atoms with Gasteiger partial charge in [0.25, 0.3) is 5.91 Å². The highest BCUT2D eigenvalue weighted by atomic mass is 35.5. The van der Waals surface area contributed by atoms with Gasteiger partial charge in [0.05, 0.1) is 40.2 Å². The molecule has 0 unspecified atom stereocenters. The van der Waals surface area contributed by atoms with E-state index < -0.39 is 17.8 Å². The number of benzene rings is 3. The lowest BCUT2D eigenvalue weighted by Crippen LogP contribution is -2.37. The van der Waals surface area contributed by atoms with Gasteiger partial charge in [-0.25, -0.2) is 10.2 Å². The second-order valence-electron chi connectivity index (χ2n) is 9.44. The standard InChI is InChI=1S/C30H28Cl2N4O6/c1-41-26-15-18(11-14-25(26)42-30(40)19-12-13-22(31)23(32)16-19)17-33-36-29(39)28(38)35-24-10-6-5-9-21(24)27(37)34-20-7-3-2-4-8-20/h5-6,9-17,20H,2-4,7-8H2,1H3,(H,34,37)(H,35,38)(H,36,39). The van der Waals surface area contributed by atoms with Gasteiger partial charge in [0.1, 0.15) is 0 Å². The van der Waals surface area contributed by atoms with E-state index in [2.05, 4.69) is 21.2 Å². The molecule has 0 radical (unpaired) electrons. The number of esters is 1. The fourth-order valence-electron chi connectivity index (χ4n) is 4.33. The third-order valence-electron chi connectivity index (χ3n) is 6.49. The molecule has 12 heteroatoms. The van der Waals surface area contributed by atoms with Gasteiger partial charge in [0.2, 0.25) is 0 Å². The van der Waals surface area contributed by atoms with Crippen LogP contribution < -0.4 is 25.5 Å². The highest BCUT2D eigenvalue weighted by Crippen LogP contribution is 2.29. The molecule has 1 aliphatic rings. The Bertz CT molecular complexity index is 1520. The highest BCUT2D eigenvalue weighted by molar-refractivity contribution is 6.42. The molecule has 0 heterocycles. The Morgan fingerprint density at radius 2 is 1.64 bits per heavy atom. The maximum absolute atomic E-state index is 12.8. The molecule has 218 valence electrons. The van der Waals surface area contributed by atoms with Crippen molar-refractivity contribution >= 4 is 58.8 Å². The number of hydrogen-bond donors (Lipinski definition) is 3. The second-order valence-corrected chi connectivity index (χ2v) is 10.3. The molecule has 0 aromatic heterocycles. The Labute approximate surface area is 252 Å². The molecule has 0 bridgehead atoms. The zero-order valence-corrected chi connectivity index (χ0v) is 24.1. The number of halogens is 2. The highest BCUT2D eigenvalue weighted by Gasteiger charge is 2.21. The number of methoxy groups -OCH3 is 1. The SMILES string of the molecule is COc1cc(C=NNC(=O)C(=O)Nc2ccccc2C(=O)NC2CCCCC2)ccc1OC(=O)c1ccc(Cl)c(Cl)c1. The molecule has 1 aliphatic carbocycles. The lowest BCUT2D eigenvalue weighted by atomic mass is 9.95. The first-order chi connectivity index (χ1) is 20.2. The van der Waals surface area contributed by atoms with Crippen molar-refractivity contribution in [3.05, 3.63) is 87.4 Å². The number of hydrogen-bond acceptors (Lipinski definition) is 7. The molecule has 1 fully saturated rings. The van der Waals surface area contributed by atoms with Gasteiger partial charge in [0.15, 0.2) is 11.5 Å². The van der Waals surface area contributed by atoms with Crippen LogP contribution in [0.25, 0.3) is 0 Å². The minimum atomic E-state index is -1.03. The molecular formula is C30H28Cl2N4O6. The number of ether oxygens (including phenoxy) is 2. The number of nitrogens with one attached hydrogen (secondary N) is 3. The average molecular weight is 611 g/mol. The summed E-state index contributed by atoms with van der Waals surface area (Å²) in [4.78, 5) is 50.2. The number of rotatable bonds is 8. The van der Waals surface area contributed by atoms with Crippen LogP contribution in [-0.4, -0.2) is 43.1 Å². The van der Waals surface area contributed by atoms with Crippen LogP contribution in [0.2, 0.25) is 10.0 Å². The summed E-state index contributed by atoms with van der Waals surface area (Å²) in [6.07, 6.45) is 6.40. The summed E-state index contributed by atoms with van der Waals surface area (Å²) < 4.78 is 10.7. The Morgan fingerprint density at radius 1 is 0.881 bits per heavy atom. The predicted molar refractivity (Wildman–Crippen MR) is 160 cm³/mol. The van der Waals surface area contributed by atoms with Crippen LogP contribution in [0.3, 0.4) is 0 Å². The number of amides is 3. The fourth-order valence-corrected chi connectivity index (χ4v) is 4.62. The topological polar surface area (TPSA) is 135 Å². The first-order valence-corrected chi connectivity index (χ1v) is 13.9. The monoisotopic (exact) mass is 610 g/mol. The molecule has 10 nitrogen and oxygen atoms in total. The maximum Gasteiger partial charge on any atom is 0.343 e. The van der Waals surface area contributed by atoms with Gasteiger partial charge < -0.3 is 20.1 Å². The molecule has 42 heavy (non-hydrogen) atoms. The van der Waals surface area contributed by atoms with Gasteiger partial charge >= 0.3 is 17.8 Å². The lowest BCUT2D eigenvalue weighted by Gasteiger charge is -2.23. The van der Waals surface area contributed by atoms with Crippen LogP contribution >= 0.6 is 23.2 Å². The summed E-state index contributed by atoms with van der Waals surface area (Å²) in [5.41, 5.74) is 3.30. The Morgan fingerprint density at radius 3 is 2.38 bits per heavy atom. The van der Waals surface area contributed by atoms with E-state index in [4.69, 9.17) is 32.7 Å². The molecule has 0 spiro atoms. The van der Waals surface area contributed by atoms with Crippen LogP contribution in [-0.2, 0) is 9.59 Å². The van der Waals surface area contributed by atoms with E-state index in [1.807, 2.05) is 0 Å². The number of carbonyl (C=O) groups is 4. The lowest BCUT2D eigenvalue weighted by molar-refractivity contribution is -0.136. The Hall–Kier alpha value is -4.41. The van der Waals surface area contributed by atoms with Crippen LogP contribution in [0.1, 0.15) is 58.4 Å². The Balaban J connectivity index is 1.34. The van der Waals surface area contributed by atoms with Crippen molar-refractivity contribution < 1.29 is 28.7 Å². The van der Waals surface area contributed by atoms with Gasteiger partial charge in [-0.3, -0.25) is 14.4 Å². The first-order valence-electron chi connectivity index (χ1n) is 13.1. The van der Waals surface area contributed by atoms with Crippen molar-refractivity contribution in [2.24, 2.45) is 5.10 Å². The second kappa shape index (κ2) is 14.5. The van der Waals surface area contributed by atoms with E-state index >= 15 is 0 Å². The zero-order valence-electron chi connectivity index (χ0n) is 22.6. The van der Waals surface area contributed by atoms with Gasteiger partial charge in [-0.15, -0.1) is 0 Å². The molecule has 3 aromatic carbocycles. The number of anilines is 1. The average Bonchev–Trinajstić information content (AvgIpc) is 2.99. The number of carbonyl (C=O) groups excluding carboxylic acids is 4. The van der Waals surface area contributed by atoms with Crippen molar-refractivity contribution in [2.75, 3.05) is 12.4 Å². The number of nitrogens with zero attached hydrogens (tertiary/aromatic N) is 1. The smallest absolute Gasteiger partial charge is 0.343 e. The normalized spacial score (nSPS) is 13.3. The zero-order chi connectivity index (χ0) is 30.1. The van der Waals surface area contributed by atoms with Crippen LogP contribution in [0.15, 0.2) is 65.8 Å².